The zero-order valence-electron chi connectivity index (χ0n) is 23.2. The molecule has 0 aliphatic heterocycles. The van der Waals surface area contributed by atoms with Gasteiger partial charge in [-0.3, -0.25) is 0 Å². The van der Waals surface area contributed by atoms with Gasteiger partial charge in [0.1, 0.15) is 0 Å². The van der Waals surface area contributed by atoms with Crippen molar-refractivity contribution in [2.45, 2.75) is 12.5 Å². The van der Waals surface area contributed by atoms with E-state index < -0.39 is 0 Å². The predicted molar refractivity (Wildman–Crippen MR) is 177 cm³/mol. The van der Waals surface area contributed by atoms with Crippen molar-refractivity contribution in [1.82, 2.24) is 0 Å². The zero-order valence-corrected chi connectivity index (χ0v) is 23.2. The van der Waals surface area contributed by atoms with Gasteiger partial charge in [-0.05, 0) is 73.5 Å². The fourth-order valence-electron chi connectivity index (χ4n) is 6.28. The normalized spacial score (nSPS) is 14.8. The largest absolute Gasteiger partial charge is 0.397 e. The highest BCUT2D eigenvalue weighted by atomic mass is 15.1. The standard InChI is InChI=1S/C39H32N2/c1-41(37-18-10-9-17-36(37)40)31-25-23-30(24-26-31)39-34-15-7-5-13-32(34)38(33-14-6-8-16-35(33)39)29-21-19-28(20-22-29)27-11-3-2-4-12-27/h2-25,31H,26,40H2,1H3. The topological polar surface area (TPSA) is 29.3 Å². The van der Waals surface area contributed by atoms with Gasteiger partial charge in [-0.2, -0.15) is 0 Å². The smallest absolute Gasteiger partial charge is 0.0602 e. The number of nitrogens with zero attached hydrogens (tertiary/aromatic N) is 1. The second-order valence-corrected chi connectivity index (χ2v) is 10.8. The fourth-order valence-corrected chi connectivity index (χ4v) is 6.28. The van der Waals surface area contributed by atoms with Gasteiger partial charge in [-0.1, -0.05) is 133 Å². The molecule has 41 heavy (non-hydrogen) atoms. The van der Waals surface area contributed by atoms with Gasteiger partial charge in [-0.15, -0.1) is 0 Å². The third-order valence-corrected chi connectivity index (χ3v) is 8.39. The lowest BCUT2D eigenvalue weighted by Crippen LogP contribution is -2.31. The minimum Gasteiger partial charge on any atom is -0.397 e. The van der Waals surface area contributed by atoms with Gasteiger partial charge >= 0.3 is 0 Å². The Labute approximate surface area is 241 Å². The summed E-state index contributed by atoms with van der Waals surface area (Å²) >= 11 is 0. The number of likely N-dealkylation sites (N-methyl/N-ethyl adjacent to an activating group) is 1. The third-order valence-electron chi connectivity index (χ3n) is 8.39. The number of fused-ring (bicyclic) bond motifs is 2. The highest BCUT2D eigenvalue weighted by Crippen LogP contribution is 2.43. The SMILES string of the molecule is CN(c1ccccc1N)C1C=CC(c2c3ccccc3c(-c3ccc(-c4ccccc4)cc3)c3ccccc23)=CC1. The number of para-hydroxylation sites is 2. The molecule has 2 nitrogen and oxygen atoms in total. The molecular formula is C39H32N2. The zero-order chi connectivity index (χ0) is 27.8. The average Bonchev–Trinajstić information content (AvgIpc) is 3.04. The van der Waals surface area contributed by atoms with E-state index in [0.29, 0.717) is 0 Å². The first kappa shape index (κ1) is 24.9. The quantitative estimate of drug-likeness (QED) is 0.178. The van der Waals surface area contributed by atoms with E-state index in [1.807, 2.05) is 18.2 Å². The van der Waals surface area contributed by atoms with E-state index in [2.05, 4.69) is 139 Å². The van der Waals surface area contributed by atoms with Crippen molar-refractivity contribution >= 4 is 38.5 Å². The van der Waals surface area contributed by atoms with Crippen LogP contribution in [0.15, 0.2) is 146 Å². The lowest BCUT2D eigenvalue weighted by Gasteiger charge is -2.30. The van der Waals surface area contributed by atoms with Crippen LogP contribution in [0.2, 0.25) is 0 Å². The molecule has 0 fully saturated rings. The summed E-state index contributed by atoms with van der Waals surface area (Å²) < 4.78 is 0. The first-order valence-corrected chi connectivity index (χ1v) is 14.2. The molecule has 0 aromatic heterocycles. The molecule has 6 aromatic carbocycles. The van der Waals surface area contributed by atoms with Crippen LogP contribution in [0.5, 0.6) is 0 Å². The van der Waals surface area contributed by atoms with Crippen LogP contribution in [0.25, 0.3) is 49.4 Å². The van der Waals surface area contributed by atoms with Crippen molar-refractivity contribution < 1.29 is 0 Å². The molecule has 6 aromatic rings. The van der Waals surface area contributed by atoms with E-state index in [1.165, 1.54) is 54.9 Å². The fraction of sp³-hybridized carbons (Fsp3) is 0.0769. The van der Waals surface area contributed by atoms with Crippen molar-refractivity contribution in [2.24, 2.45) is 0 Å². The number of hydrogen-bond acceptors (Lipinski definition) is 2. The lowest BCUT2D eigenvalue weighted by atomic mass is 9.84. The summed E-state index contributed by atoms with van der Waals surface area (Å²) in [5.41, 5.74) is 15.7. The van der Waals surface area contributed by atoms with E-state index in [1.54, 1.807) is 0 Å². The van der Waals surface area contributed by atoms with Gasteiger partial charge in [0.05, 0.1) is 17.4 Å². The molecular weight excluding hydrogens is 496 g/mol. The number of nitrogen functional groups attached to an aromatic ring is 1. The van der Waals surface area contributed by atoms with E-state index in [4.69, 9.17) is 5.73 Å². The minimum atomic E-state index is 0.253. The number of allylic oxidation sites excluding steroid dienone is 2. The van der Waals surface area contributed by atoms with Crippen LogP contribution in [0.3, 0.4) is 0 Å². The molecule has 0 bridgehead atoms. The Morgan fingerprint density at radius 2 is 1.07 bits per heavy atom. The van der Waals surface area contributed by atoms with E-state index >= 15 is 0 Å². The average molecular weight is 529 g/mol. The molecule has 2 heteroatoms. The van der Waals surface area contributed by atoms with Gasteiger partial charge in [0, 0.05) is 7.05 Å². The Hall–Kier alpha value is -5.08. The van der Waals surface area contributed by atoms with Crippen LogP contribution >= 0.6 is 0 Å². The van der Waals surface area contributed by atoms with Gasteiger partial charge < -0.3 is 10.6 Å². The molecule has 0 amide bonds. The van der Waals surface area contributed by atoms with Crippen molar-refractivity contribution in [3.63, 3.8) is 0 Å². The summed E-state index contributed by atoms with van der Waals surface area (Å²) in [5, 5.41) is 5.12. The molecule has 1 unspecified atom stereocenters. The maximum absolute atomic E-state index is 6.29. The Morgan fingerprint density at radius 3 is 1.66 bits per heavy atom. The lowest BCUT2D eigenvalue weighted by molar-refractivity contribution is 0.756. The molecule has 198 valence electrons. The van der Waals surface area contributed by atoms with Crippen LogP contribution in [0.4, 0.5) is 11.4 Å². The Bertz CT molecular complexity index is 1870. The molecule has 0 spiro atoms. The van der Waals surface area contributed by atoms with Crippen LogP contribution in [0, 0.1) is 0 Å². The van der Waals surface area contributed by atoms with Crippen molar-refractivity contribution in [1.29, 1.82) is 0 Å². The van der Waals surface area contributed by atoms with Crippen molar-refractivity contribution in [2.75, 3.05) is 17.7 Å². The van der Waals surface area contributed by atoms with Crippen LogP contribution in [-0.2, 0) is 0 Å². The van der Waals surface area contributed by atoms with E-state index in [-0.39, 0.29) is 6.04 Å². The second kappa shape index (κ2) is 10.5. The number of benzene rings is 6. The van der Waals surface area contributed by atoms with E-state index in [0.717, 1.165) is 17.8 Å². The number of rotatable bonds is 5. The molecule has 2 N–H and O–H groups in total. The molecule has 7 rings (SSSR count). The molecule has 1 aliphatic rings. The maximum Gasteiger partial charge on any atom is 0.0602 e. The van der Waals surface area contributed by atoms with Crippen LogP contribution in [0.1, 0.15) is 12.0 Å². The summed E-state index contributed by atoms with van der Waals surface area (Å²) in [6, 6.07) is 45.7. The van der Waals surface area contributed by atoms with Gasteiger partial charge in [0.25, 0.3) is 0 Å². The minimum absolute atomic E-state index is 0.253. The van der Waals surface area contributed by atoms with Gasteiger partial charge in [0.15, 0.2) is 0 Å². The molecule has 0 heterocycles. The number of nitrogens with two attached hydrogens (primary N) is 1. The number of hydrogen-bond donors (Lipinski definition) is 1. The molecule has 1 atom stereocenters. The maximum atomic E-state index is 6.29. The first-order valence-electron chi connectivity index (χ1n) is 14.2. The summed E-state index contributed by atoms with van der Waals surface area (Å²) in [5.74, 6) is 0. The molecule has 0 saturated heterocycles. The van der Waals surface area contributed by atoms with Crippen LogP contribution in [-0.4, -0.2) is 13.1 Å². The Balaban J connectivity index is 1.33. The molecule has 0 radical (unpaired) electrons. The van der Waals surface area contributed by atoms with E-state index in [9.17, 15) is 0 Å². The monoisotopic (exact) mass is 528 g/mol. The summed E-state index contributed by atoms with van der Waals surface area (Å²) in [7, 11) is 2.13. The summed E-state index contributed by atoms with van der Waals surface area (Å²) in [4.78, 5) is 2.28. The Morgan fingerprint density at radius 1 is 0.561 bits per heavy atom. The highest BCUT2D eigenvalue weighted by Gasteiger charge is 2.21. The summed E-state index contributed by atoms with van der Waals surface area (Å²) in [6.07, 6.45) is 7.93. The highest BCUT2D eigenvalue weighted by molar-refractivity contribution is 6.19. The summed E-state index contributed by atoms with van der Waals surface area (Å²) in [6.45, 7) is 0. The second-order valence-electron chi connectivity index (χ2n) is 10.8. The van der Waals surface area contributed by atoms with Gasteiger partial charge in [0.2, 0.25) is 0 Å². The molecule has 0 saturated carbocycles. The third kappa shape index (κ3) is 4.48. The first-order chi connectivity index (χ1) is 20.2. The number of anilines is 2. The Kier molecular flexibility index (Phi) is 6.37. The predicted octanol–water partition coefficient (Wildman–Crippen LogP) is 9.76. The van der Waals surface area contributed by atoms with Crippen molar-refractivity contribution in [3.8, 4) is 22.3 Å². The van der Waals surface area contributed by atoms with Crippen molar-refractivity contribution in [3.05, 3.63) is 151 Å². The van der Waals surface area contributed by atoms with Crippen LogP contribution < -0.4 is 10.6 Å². The van der Waals surface area contributed by atoms with Gasteiger partial charge in [-0.25, -0.2) is 0 Å². The molecule has 1 aliphatic carbocycles.